The monoisotopic (exact) mass is 779 g/mol. The van der Waals surface area contributed by atoms with Gasteiger partial charge >= 0.3 is 0 Å². The minimum absolute atomic E-state index is 0.143. The van der Waals surface area contributed by atoms with Crippen LogP contribution < -0.4 is 4.90 Å². The first-order valence-corrected chi connectivity index (χ1v) is 21.2. The quantitative estimate of drug-likeness (QED) is 0.167. The molecule has 1 aliphatic rings. The summed E-state index contributed by atoms with van der Waals surface area (Å²) in [7, 11) is 0. The third kappa shape index (κ3) is 5.64. The van der Waals surface area contributed by atoms with Crippen molar-refractivity contribution in [2.75, 3.05) is 4.90 Å². The summed E-state index contributed by atoms with van der Waals surface area (Å²) < 4.78 is 6.60. The van der Waals surface area contributed by atoms with Crippen molar-refractivity contribution < 1.29 is 4.42 Å². The molecule has 0 radical (unpaired) electrons. The van der Waals surface area contributed by atoms with Crippen LogP contribution in [-0.2, 0) is 5.41 Å². The normalized spacial score (nSPS) is 12.9. The molecule has 12 rings (SSSR count). The maximum atomic E-state index is 6.60. The average molecular weight is 780 g/mol. The molecular formula is C59H41NO. The maximum Gasteiger partial charge on any atom is 0.136 e. The van der Waals surface area contributed by atoms with Crippen LogP contribution in [0.25, 0.3) is 88.0 Å². The van der Waals surface area contributed by atoms with Crippen LogP contribution in [0.1, 0.15) is 25.0 Å². The Balaban J connectivity index is 1.03. The van der Waals surface area contributed by atoms with Gasteiger partial charge in [-0.05, 0) is 126 Å². The van der Waals surface area contributed by atoms with Crippen molar-refractivity contribution >= 4 is 60.5 Å². The van der Waals surface area contributed by atoms with Crippen LogP contribution in [0.2, 0.25) is 0 Å². The highest BCUT2D eigenvalue weighted by Crippen LogP contribution is 2.52. The van der Waals surface area contributed by atoms with E-state index in [1.807, 2.05) is 0 Å². The molecule has 2 heteroatoms. The molecule has 0 saturated carbocycles. The van der Waals surface area contributed by atoms with Gasteiger partial charge < -0.3 is 9.32 Å². The van der Waals surface area contributed by atoms with Gasteiger partial charge in [0.05, 0.1) is 5.69 Å². The Morgan fingerprint density at radius 2 is 0.984 bits per heavy atom. The van der Waals surface area contributed by atoms with Gasteiger partial charge in [0.25, 0.3) is 0 Å². The van der Waals surface area contributed by atoms with Gasteiger partial charge in [-0.3, -0.25) is 0 Å². The molecule has 0 N–H and O–H groups in total. The molecule has 1 aliphatic carbocycles. The molecule has 0 saturated heterocycles. The van der Waals surface area contributed by atoms with Crippen LogP contribution in [0.4, 0.5) is 17.1 Å². The third-order valence-corrected chi connectivity index (χ3v) is 13.0. The van der Waals surface area contributed by atoms with E-state index in [4.69, 9.17) is 4.42 Å². The minimum atomic E-state index is -0.143. The summed E-state index contributed by atoms with van der Waals surface area (Å²) in [5.41, 5.74) is 17.4. The maximum absolute atomic E-state index is 6.60. The van der Waals surface area contributed by atoms with Crippen molar-refractivity contribution in [3.63, 3.8) is 0 Å². The summed E-state index contributed by atoms with van der Waals surface area (Å²) in [6, 6.07) is 77.5. The zero-order chi connectivity index (χ0) is 40.7. The van der Waals surface area contributed by atoms with E-state index >= 15 is 0 Å². The van der Waals surface area contributed by atoms with Crippen molar-refractivity contribution in [1.29, 1.82) is 0 Å². The number of para-hydroxylation sites is 1. The summed E-state index contributed by atoms with van der Waals surface area (Å²) in [6.07, 6.45) is 0. The van der Waals surface area contributed by atoms with Gasteiger partial charge in [0.15, 0.2) is 0 Å². The SMILES string of the molecule is CC1(C)c2ccccc2-c2ccc(N(c3ccc(-c4cccc(-c5cccc6ccccc56)c4)cc3)c3ccccc3-c3cccc4oc5cc6ccccc6cc5c34)cc21. The third-order valence-electron chi connectivity index (χ3n) is 13.0. The van der Waals surface area contributed by atoms with Crippen LogP contribution in [0, 0.1) is 0 Å². The van der Waals surface area contributed by atoms with Crippen LogP contribution >= 0.6 is 0 Å². The van der Waals surface area contributed by atoms with Gasteiger partial charge in [-0.15, -0.1) is 0 Å². The number of fused-ring (bicyclic) bond motifs is 8. The molecule has 1 heterocycles. The summed E-state index contributed by atoms with van der Waals surface area (Å²) in [5.74, 6) is 0. The van der Waals surface area contributed by atoms with Crippen LogP contribution in [0.5, 0.6) is 0 Å². The molecule has 61 heavy (non-hydrogen) atoms. The smallest absolute Gasteiger partial charge is 0.136 e. The average Bonchev–Trinajstić information content (AvgIpc) is 3.79. The summed E-state index contributed by atoms with van der Waals surface area (Å²) >= 11 is 0. The number of furan rings is 1. The topological polar surface area (TPSA) is 16.4 Å². The highest BCUT2D eigenvalue weighted by molar-refractivity contribution is 6.16. The first kappa shape index (κ1) is 35.3. The van der Waals surface area contributed by atoms with Crippen molar-refractivity contribution in [2.45, 2.75) is 19.3 Å². The highest BCUT2D eigenvalue weighted by atomic mass is 16.3. The molecule has 2 nitrogen and oxygen atoms in total. The molecule has 0 fully saturated rings. The minimum Gasteiger partial charge on any atom is -0.456 e. The Bertz CT molecular complexity index is 3510. The molecule has 288 valence electrons. The lowest BCUT2D eigenvalue weighted by atomic mass is 9.82. The van der Waals surface area contributed by atoms with Crippen LogP contribution in [-0.4, -0.2) is 0 Å². The van der Waals surface area contributed by atoms with Gasteiger partial charge in [-0.2, -0.15) is 0 Å². The number of hydrogen-bond donors (Lipinski definition) is 0. The lowest BCUT2D eigenvalue weighted by molar-refractivity contribution is 0.660. The Kier molecular flexibility index (Phi) is 7.92. The van der Waals surface area contributed by atoms with Crippen molar-refractivity contribution in [1.82, 2.24) is 0 Å². The van der Waals surface area contributed by atoms with Gasteiger partial charge in [-0.1, -0.05) is 172 Å². The lowest BCUT2D eigenvalue weighted by Gasteiger charge is -2.30. The zero-order valence-electron chi connectivity index (χ0n) is 34.1. The molecule has 0 aliphatic heterocycles. The standard InChI is InChI=1S/C59H41NO/c1-59(2)53-25-9-7-21-48(53)49-33-32-45(37-54(49)59)60(44-30-28-38(29-31-44)40-18-11-19-43(34-40)47-23-12-17-39-14-5-6-20-46(39)47)55-26-10-8-22-50(55)51-24-13-27-56-58(51)52-35-41-15-3-4-16-42(41)36-57(52)61-56/h3-37H,1-2H3. The fourth-order valence-corrected chi connectivity index (χ4v) is 10.0. The molecule has 10 aromatic carbocycles. The van der Waals surface area contributed by atoms with E-state index in [0.717, 1.165) is 50.1 Å². The largest absolute Gasteiger partial charge is 0.456 e. The first-order chi connectivity index (χ1) is 30.0. The van der Waals surface area contributed by atoms with Gasteiger partial charge in [0.2, 0.25) is 0 Å². The predicted molar refractivity (Wildman–Crippen MR) is 257 cm³/mol. The van der Waals surface area contributed by atoms with Crippen molar-refractivity contribution in [3.05, 3.63) is 223 Å². The van der Waals surface area contributed by atoms with Crippen LogP contribution in [0.3, 0.4) is 0 Å². The van der Waals surface area contributed by atoms with Gasteiger partial charge in [0.1, 0.15) is 11.2 Å². The molecule has 0 amide bonds. The molecule has 0 bridgehead atoms. The molecular weight excluding hydrogens is 739 g/mol. The second-order valence-corrected chi connectivity index (χ2v) is 16.9. The molecule has 1 aromatic heterocycles. The van der Waals surface area contributed by atoms with E-state index < -0.39 is 0 Å². The Hall–Kier alpha value is -7.68. The molecule has 0 unspecified atom stereocenters. The van der Waals surface area contributed by atoms with Crippen LogP contribution in [0.15, 0.2) is 217 Å². The fourth-order valence-electron chi connectivity index (χ4n) is 10.0. The lowest BCUT2D eigenvalue weighted by Crippen LogP contribution is -2.16. The van der Waals surface area contributed by atoms with E-state index in [-0.39, 0.29) is 5.41 Å². The summed E-state index contributed by atoms with van der Waals surface area (Å²) in [5, 5.41) is 7.14. The Morgan fingerprint density at radius 1 is 0.361 bits per heavy atom. The van der Waals surface area contributed by atoms with Gasteiger partial charge in [0, 0.05) is 33.1 Å². The van der Waals surface area contributed by atoms with E-state index in [1.54, 1.807) is 0 Å². The zero-order valence-corrected chi connectivity index (χ0v) is 34.1. The number of benzene rings is 10. The molecule has 0 spiro atoms. The van der Waals surface area contributed by atoms with E-state index in [9.17, 15) is 0 Å². The first-order valence-electron chi connectivity index (χ1n) is 21.2. The Labute approximate surface area is 355 Å². The number of rotatable bonds is 6. The number of nitrogens with zero attached hydrogens (tertiary/aromatic N) is 1. The Morgan fingerprint density at radius 3 is 1.85 bits per heavy atom. The molecule has 11 aromatic rings. The number of anilines is 3. The molecule has 0 atom stereocenters. The van der Waals surface area contributed by atoms with E-state index in [1.165, 1.54) is 66.1 Å². The summed E-state index contributed by atoms with van der Waals surface area (Å²) in [6.45, 7) is 4.71. The second-order valence-electron chi connectivity index (χ2n) is 16.9. The van der Waals surface area contributed by atoms with E-state index in [2.05, 4.69) is 231 Å². The highest BCUT2D eigenvalue weighted by Gasteiger charge is 2.36. The second kappa shape index (κ2) is 13.7. The predicted octanol–water partition coefficient (Wildman–Crippen LogP) is 16.7. The van der Waals surface area contributed by atoms with Gasteiger partial charge in [-0.25, -0.2) is 0 Å². The van der Waals surface area contributed by atoms with Crippen molar-refractivity contribution in [3.8, 4) is 44.5 Å². The van der Waals surface area contributed by atoms with E-state index in [0.29, 0.717) is 0 Å². The summed E-state index contributed by atoms with van der Waals surface area (Å²) in [4.78, 5) is 2.45. The van der Waals surface area contributed by atoms with Crippen molar-refractivity contribution in [2.24, 2.45) is 0 Å². The fraction of sp³-hybridized carbons (Fsp3) is 0.0508. The number of hydrogen-bond acceptors (Lipinski definition) is 2.